The van der Waals surface area contributed by atoms with E-state index in [9.17, 15) is 0 Å². The maximum Gasteiger partial charge on any atom is 0.0295 e. The van der Waals surface area contributed by atoms with E-state index >= 15 is 0 Å². The van der Waals surface area contributed by atoms with Crippen molar-refractivity contribution in [2.24, 2.45) is 5.92 Å². The third-order valence-electron chi connectivity index (χ3n) is 2.72. The smallest absolute Gasteiger partial charge is 0.0295 e. The highest BCUT2D eigenvalue weighted by Crippen LogP contribution is 2.16. The average Bonchev–Trinajstić information content (AvgIpc) is 2.26. The summed E-state index contributed by atoms with van der Waals surface area (Å²) in [5, 5.41) is 3.41. The Balaban J connectivity index is 2.57. The summed E-state index contributed by atoms with van der Waals surface area (Å²) in [5.41, 5.74) is 2.74. The molecule has 0 fully saturated rings. The summed E-state index contributed by atoms with van der Waals surface area (Å²) in [6.07, 6.45) is 1.15. The van der Waals surface area contributed by atoms with Crippen LogP contribution in [-0.4, -0.2) is 6.54 Å². The molecule has 0 saturated heterocycles. The van der Waals surface area contributed by atoms with Gasteiger partial charge >= 0.3 is 0 Å². The zero-order valence-corrected chi connectivity index (χ0v) is 12.5. The Morgan fingerprint density at radius 2 is 1.82 bits per heavy atom. The van der Waals surface area contributed by atoms with Crippen LogP contribution in [0, 0.1) is 5.92 Å². The molecule has 1 unspecified atom stereocenters. The second-order valence-electron chi connectivity index (χ2n) is 4.96. The lowest BCUT2D eigenvalue weighted by atomic mass is 10.00. The summed E-state index contributed by atoms with van der Waals surface area (Å²) >= 11 is 3.36. The highest BCUT2D eigenvalue weighted by Gasteiger charge is 2.05. The molecule has 1 aromatic rings. The molecule has 2 heteroatoms. The molecule has 0 amide bonds. The van der Waals surface area contributed by atoms with Crippen molar-refractivity contribution < 1.29 is 0 Å². The van der Waals surface area contributed by atoms with Crippen LogP contribution in [0.25, 0.3) is 0 Å². The maximum absolute atomic E-state index is 3.82. The van der Waals surface area contributed by atoms with Crippen LogP contribution in [0.1, 0.15) is 37.9 Å². The van der Waals surface area contributed by atoms with Crippen LogP contribution in [0.5, 0.6) is 0 Å². The third kappa shape index (κ3) is 5.51. The lowest BCUT2D eigenvalue weighted by molar-refractivity contribution is 0.614. The van der Waals surface area contributed by atoms with Gasteiger partial charge in [-0.1, -0.05) is 60.6 Å². The van der Waals surface area contributed by atoms with Crippen LogP contribution in [0.4, 0.5) is 0 Å². The summed E-state index contributed by atoms with van der Waals surface area (Å²) in [6.45, 7) is 11.3. The second kappa shape index (κ2) is 6.97. The molecule has 1 nitrogen and oxygen atoms in total. The molecule has 1 aromatic carbocycles. The minimum Gasteiger partial charge on any atom is -0.306 e. The first-order valence-corrected chi connectivity index (χ1v) is 6.94. The third-order valence-corrected chi connectivity index (χ3v) is 3.00. The second-order valence-corrected chi connectivity index (χ2v) is 6.08. The Bertz CT molecular complexity index is 354. The largest absolute Gasteiger partial charge is 0.306 e. The summed E-state index contributed by atoms with van der Waals surface area (Å²) in [5.74, 6) is 0.716. The molecule has 0 spiro atoms. The normalized spacial score (nSPS) is 12.8. The first-order valence-electron chi connectivity index (χ1n) is 6.14. The molecule has 0 aliphatic carbocycles. The highest BCUT2D eigenvalue weighted by molar-refractivity contribution is 9.11. The molecule has 0 aromatic heterocycles. The average molecular weight is 296 g/mol. The maximum atomic E-state index is 3.82. The van der Waals surface area contributed by atoms with Gasteiger partial charge in [-0.05, 0) is 30.4 Å². The molecule has 94 valence electrons. The SMILES string of the molecule is C=C(Br)CNC(C)c1ccc(CC(C)C)cc1. The van der Waals surface area contributed by atoms with Crippen molar-refractivity contribution in [1.29, 1.82) is 0 Å². The number of benzene rings is 1. The van der Waals surface area contributed by atoms with Gasteiger partial charge in [0.05, 0.1) is 0 Å². The van der Waals surface area contributed by atoms with Gasteiger partial charge in [-0.2, -0.15) is 0 Å². The van der Waals surface area contributed by atoms with Crippen molar-refractivity contribution in [3.05, 3.63) is 46.5 Å². The standard InChI is InChI=1S/C15H22BrN/c1-11(2)9-14-5-7-15(8-6-14)13(4)17-10-12(3)16/h5-8,11,13,17H,3,9-10H2,1-2,4H3. The predicted molar refractivity (Wildman–Crippen MR) is 79.5 cm³/mol. The van der Waals surface area contributed by atoms with Crippen LogP contribution in [-0.2, 0) is 6.42 Å². The monoisotopic (exact) mass is 295 g/mol. The van der Waals surface area contributed by atoms with Gasteiger partial charge in [0.25, 0.3) is 0 Å². The topological polar surface area (TPSA) is 12.0 Å². The molecule has 1 N–H and O–H groups in total. The molecule has 0 radical (unpaired) electrons. The molecule has 0 heterocycles. The summed E-state index contributed by atoms with van der Waals surface area (Å²) in [4.78, 5) is 0. The summed E-state index contributed by atoms with van der Waals surface area (Å²) in [6, 6.07) is 9.25. The number of hydrogen-bond acceptors (Lipinski definition) is 1. The quantitative estimate of drug-likeness (QED) is 0.818. The van der Waals surface area contributed by atoms with Gasteiger partial charge < -0.3 is 5.32 Å². The van der Waals surface area contributed by atoms with Crippen LogP contribution in [0.15, 0.2) is 35.3 Å². The van der Waals surface area contributed by atoms with E-state index in [0.29, 0.717) is 12.0 Å². The zero-order valence-electron chi connectivity index (χ0n) is 11.0. The zero-order chi connectivity index (χ0) is 12.8. The molecule has 0 aliphatic heterocycles. The van der Waals surface area contributed by atoms with Crippen LogP contribution in [0.3, 0.4) is 0 Å². The van der Waals surface area contributed by atoms with E-state index in [1.165, 1.54) is 11.1 Å². The number of rotatable bonds is 6. The van der Waals surface area contributed by atoms with Crippen LogP contribution in [0.2, 0.25) is 0 Å². The lowest BCUT2D eigenvalue weighted by Gasteiger charge is -2.14. The van der Waals surface area contributed by atoms with E-state index in [1.807, 2.05) is 0 Å². The molecule has 0 bridgehead atoms. The first kappa shape index (κ1) is 14.5. The van der Waals surface area contributed by atoms with Gasteiger partial charge in [0.2, 0.25) is 0 Å². The molecule has 0 aliphatic rings. The van der Waals surface area contributed by atoms with E-state index in [2.05, 4.69) is 72.9 Å². The summed E-state index contributed by atoms with van der Waals surface area (Å²) < 4.78 is 0.987. The van der Waals surface area contributed by atoms with Crippen molar-refractivity contribution >= 4 is 15.9 Å². The molecule has 0 saturated carbocycles. The molecular weight excluding hydrogens is 274 g/mol. The number of halogens is 1. The minimum absolute atomic E-state index is 0.359. The first-order chi connectivity index (χ1) is 7.99. The fourth-order valence-corrected chi connectivity index (χ4v) is 1.96. The lowest BCUT2D eigenvalue weighted by Crippen LogP contribution is -2.19. The fraction of sp³-hybridized carbons (Fsp3) is 0.467. The predicted octanol–water partition coefficient (Wildman–Crippen LogP) is 4.44. The number of hydrogen-bond donors (Lipinski definition) is 1. The van der Waals surface area contributed by atoms with Crippen molar-refractivity contribution in [2.45, 2.75) is 33.2 Å². The Labute approximate surface area is 113 Å². The van der Waals surface area contributed by atoms with Crippen LogP contribution >= 0.6 is 15.9 Å². The highest BCUT2D eigenvalue weighted by atomic mass is 79.9. The van der Waals surface area contributed by atoms with Gasteiger partial charge in [-0.15, -0.1) is 0 Å². The number of nitrogens with one attached hydrogen (secondary N) is 1. The van der Waals surface area contributed by atoms with Crippen molar-refractivity contribution in [3.63, 3.8) is 0 Å². The van der Waals surface area contributed by atoms with Gasteiger partial charge in [-0.25, -0.2) is 0 Å². The van der Waals surface area contributed by atoms with Gasteiger partial charge in [-0.3, -0.25) is 0 Å². The van der Waals surface area contributed by atoms with E-state index in [1.54, 1.807) is 0 Å². The van der Waals surface area contributed by atoms with E-state index < -0.39 is 0 Å². The van der Waals surface area contributed by atoms with Gasteiger partial charge in [0.1, 0.15) is 0 Å². The minimum atomic E-state index is 0.359. The van der Waals surface area contributed by atoms with Gasteiger partial charge in [0.15, 0.2) is 0 Å². The van der Waals surface area contributed by atoms with Crippen molar-refractivity contribution in [2.75, 3.05) is 6.54 Å². The Morgan fingerprint density at radius 1 is 1.24 bits per heavy atom. The van der Waals surface area contributed by atoms with Crippen molar-refractivity contribution in [1.82, 2.24) is 5.32 Å². The van der Waals surface area contributed by atoms with Gasteiger partial charge in [0, 0.05) is 17.1 Å². The Morgan fingerprint density at radius 3 is 2.29 bits per heavy atom. The summed E-state index contributed by atoms with van der Waals surface area (Å²) in [7, 11) is 0. The molecule has 17 heavy (non-hydrogen) atoms. The van der Waals surface area contributed by atoms with Crippen LogP contribution < -0.4 is 5.32 Å². The fourth-order valence-electron chi connectivity index (χ4n) is 1.80. The van der Waals surface area contributed by atoms with E-state index in [4.69, 9.17) is 0 Å². The Kier molecular flexibility index (Phi) is 5.93. The van der Waals surface area contributed by atoms with E-state index in [-0.39, 0.29) is 0 Å². The molecule has 1 atom stereocenters. The molecule has 1 rings (SSSR count). The van der Waals surface area contributed by atoms with Crippen molar-refractivity contribution in [3.8, 4) is 0 Å². The molecular formula is C15H22BrN. The van der Waals surface area contributed by atoms with E-state index in [0.717, 1.165) is 17.4 Å². The Hall–Kier alpha value is -0.600.